The lowest BCUT2D eigenvalue weighted by atomic mass is 9.95. The molecule has 6 nitrogen and oxygen atoms in total. The molecule has 2 heterocycles. The minimum Gasteiger partial charge on any atom is -0.370 e. The van der Waals surface area contributed by atoms with Gasteiger partial charge in [0, 0.05) is 35.5 Å². The zero-order valence-electron chi connectivity index (χ0n) is 14.9. The number of rotatable bonds is 6. The minimum atomic E-state index is -0.259. The Balaban J connectivity index is 1.68. The van der Waals surface area contributed by atoms with E-state index >= 15 is 0 Å². The molecule has 0 aliphatic heterocycles. The zero-order chi connectivity index (χ0) is 17.9. The Morgan fingerprint density at radius 2 is 2.04 bits per heavy atom. The first-order valence-corrected chi connectivity index (χ1v) is 9.52. The molecule has 3 N–H and O–H groups in total. The summed E-state index contributed by atoms with van der Waals surface area (Å²) in [5.41, 5.74) is 7.42. The highest BCUT2D eigenvalue weighted by atomic mass is 16.1. The van der Waals surface area contributed by atoms with Crippen LogP contribution in [0, 0.1) is 0 Å². The van der Waals surface area contributed by atoms with Gasteiger partial charge in [0.25, 0.3) is 0 Å². The van der Waals surface area contributed by atoms with Crippen LogP contribution >= 0.6 is 0 Å². The number of nitrogens with one attached hydrogen (secondary N) is 1. The van der Waals surface area contributed by atoms with E-state index in [-0.39, 0.29) is 5.91 Å². The van der Waals surface area contributed by atoms with E-state index in [1.54, 1.807) is 0 Å². The van der Waals surface area contributed by atoms with Crippen molar-refractivity contribution in [2.75, 3.05) is 0 Å². The van der Waals surface area contributed by atoms with Crippen LogP contribution < -0.4 is 5.73 Å². The quantitative estimate of drug-likeness (QED) is 0.709. The van der Waals surface area contributed by atoms with E-state index in [0.717, 1.165) is 47.4 Å². The summed E-state index contributed by atoms with van der Waals surface area (Å²) < 4.78 is 2.12. The molecule has 1 aliphatic carbocycles. The van der Waals surface area contributed by atoms with Gasteiger partial charge in [-0.1, -0.05) is 37.5 Å². The van der Waals surface area contributed by atoms with Gasteiger partial charge < -0.3 is 10.7 Å². The van der Waals surface area contributed by atoms with Gasteiger partial charge in [0.15, 0.2) is 5.82 Å². The van der Waals surface area contributed by atoms with Crippen molar-refractivity contribution in [3.8, 4) is 11.4 Å². The number of fused-ring (bicyclic) bond motifs is 1. The Bertz CT molecular complexity index is 904. The molecule has 2 aromatic heterocycles. The van der Waals surface area contributed by atoms with Crippen molar-refractivity contribution in [1.82, 2.24) is 19.7 Å². The lowest BCUT2D eigenvalue weighted by Crippen LogP contribution is -2.17. The summed E-state index contributed by atoms with van der Waals surface area (Å²) in [6.07, 6.45) is 9.92. The summed E-state index contributed by atoms with van der Waals surface area (Å²) in [6, 6.07) is 8.62. The molecule has 1 saturated carbocycles. The molecule has 1 amide bonds. The number of carbonyl (C=O) groups is 1. The lowest BCUT2D eigenvalue weighted by Gasteiger charge is -2.23. The second kappa shape index (κ2) is 7.32. The largest absolute Gasteiger partial charge is 0.370 e. The standard InChI is InChI=1S/C20H25N5O/c21-18(26)11-6-12-19-23-20(24-25(19)14-7-2-1-3-8-14)16-13-22-17-10-5-4-9-15(16)17/h4-5,9-10,13-14,22H,1-3,6-8,11-12H2,(H2,21,26). The van der Waals surface area contributed by atoms with E-state index in [1.807, 2.05) is 18.3 Å². The first kappa shape index (κ1) is 16.8. The Kier molecular flexibility index (Phi) is 4.73. The van der Waals surface area contributed by atoms with Crippen molar-refractivity contribution in [3.05, 3.63) is 36.3 Å². The van der Waals surface area contributed by atoms with Crippen LogP contribution in [-0.4, -0.2) is 25.7 Å². The summed E-state index contributed by atoms with van der Waals surface area (Å²) >= 11 is 0. The summed E-state index contributed by atoms with van der Waals surface area (Å²) in [6.45, 7) is 0. The van der Waals surface area contributed by atoms with Gasteiger partial charge in [0.2, 0.25) is 5.91 Å². The third kappa shape index (κ3) is 3.36. The fourth-order valence-electron chi connectivity index (χ4n) is 3.94. The third-order valence-corrected chi connectivity index (χ3v) is 5.28. The van der Waals surface area contributed by atoms with Crippen LogP contribution in [0.15, 0.2) is 30.5 Å². The molecule has 0 bridgehead atoms. The smallest absolute Gasteiger partial charge is 0.217 e. The Hall–Kier alpha value is -2.63. The number of hydrogen-bond acceptors (Lipinski definition) is 3. The predicted octanol–water partition coefficient (Wildman–Crippen LogP) is 3.74. The number of aromatic amines is 1. The first-order valence-electron chi connectivity index (χ1n) is 9.52. The molecule has 136 valence electrons. The molecule has 1 aromatic carbocycles. The van der Waals surface area contributed by atoms with E-state index in [0.29, 0.717) is 18.9 Å². The Morgan fingerprint density at radius 3 is 2.85 bits per heavy atom. The van der Waals surface area contributed by atoms with Gasteiger partial charge in [-0.2, -0.15) is 5.10 Å². The minimum absolute atomic E-state index is 0.259. The van der Waals surface area contributed by atoms with Gasteiger partial charge >= 0.3 is 0 Å². The maximum Gasteiger partial charge on any atom is 0.217 e. The second-order valence-electron chi connectivity index (χ2n) is 7.16. The van der Waals surface area contributed by atoms with Crippen LogP contribution in [0.25, 0.3) is 22.3 Å². The van der Waals surface area contributed by atoms with Gasteiger partial charge in [0.05, 0.1) is 6.04 Å². The third-order valence-electron chi connectivity index (χ3n) is 5.28. The molecule has 0 saturated heterocycles. The molecule has 1 aliphatic rings. The number of hydrogen-bond donors (Lipinski definition) is 2. The molecule has 1 fully saturated rings. The fraction of sp³-hybridized carbons (Fsp3) is 0.450. The van der Waals surface area contributed by atoms with Crippen LogP contribution in [0.2, 0.25) is 0 Å². The monoisotopic (exact) mass is 351 g/mol. The van der Waals surface area contributed by atoms with Gasteiger partial charge in [-0.15, -0.1) is 0 Å². The average Bonchev–Trinajstić information content (AvgIpc) is 3.26. The summed E-state index contributed by atoms with van der Waals surface area (Å²) in [5.74, 6) is 1.48. The molecule has 0 spiro atoms. The number of aromatic nitrogens is 4. The van der Waals surface area contributed by atoms with Crippen LogP contribution in [0.4, 0.5) is 0 Å². The molecule has 3 aromatic rings. The molecule has 4 rings (SSSR count). The van der Waals surface area contributed by atoms with Crippen molar-refractivity contribution in [2.45, 2.75) is 57.4 Å². The number of nitrogens with two attached hydrogens (primary N) is 1. The highest BCUT2D eigenvalue weighted by Gasteiger charge is 2.22. The highest BCUT2D eigenvalue weighted by molar-refractivity contribution is 5.93. The van der Waals surface area contributed by atoms with Crippen LogP contribution in [0.5, 0.6) is 0 Å². The van der Waals surface area contributed by atoms with Crippen molar-refractivity contribution < 1.29 is 4.79 Å². The number of para-hydroxylation sites is 1. The normalized spacial score (nSPS) is 15.5. The van der Waals surface area contributed by atoms with Crippen LogP contribution in [0.1, 0.15) is 56.8 Å². The van der Waals surface area contributed by atoms with Crippen molar-refractivity contribution >= 4 is 16.8 Å². The maximum atomic E-state index is 11.1. The summed E-state index contributed by atoms with van der Waals surface area (Å²) in [7, 11) is 0. The molecule has 6 heteroatoms. The maximum absolute atomic E-state index is 11.1. The van der Waals surface area contributed by atoms with Crippen molar-refractivity contribution in [3.63, 3.8) is 0 Å². The van der Waals surface area contributed by atoms with Crippen molar-refractivity contribution in [1.29, 1.82) is 0 Å². The number of nitrogens with zero attached hydrogens (tertiary/aromatic N) is 3. The average molecular weight is 351 g/mol. The van der Waals surface area contributed by atoms with E-state index in [2.05, 4.69) is 21.8 Å². The zero-order valence-corrected chi connectivity index (χ0v) is 14.9. The molecule has 26 heavy (non-hydrogen) atoms. The Labute approximate surface area is 152 Å². The number of H-pyrrole nitrogens is 1. The van der Waals surface area contributed by atoms with E-state index in [4.69, 9.17) is 15.8 Å². The van der Waals surface area contributed by atoms with Gasteiger partial charge in [-0.25, -0.2) is 9.67 Å². The first-order chi connectivity index (χ1) is 12.7. The van der Waals surface area contributed by atoms with Gasteiger partial charge in [-0.05, 0) is 25.3 Å². The number of aryl methyl sites for hydroxylation is 1. The number of benzene rings is 1. The molecule has 0 atom stereocenters. The lowest BCUT2D eigenvalue weighted by molar-refractivity contribution is -0.118. The van der Waals surface area contributed by atoms with E-state index in [9.17, 15) is 4.79 Å². The van der Waals surface area contributed by atoms with Crippen LogP contribution in [-0.2, 0) is 11.2 Å². The topological polar surface area (TPSA) is 89.6 Å². The highest BCUT2D eigenvalue weighted by Crippen LogP contribution is 2.31. The molecular weight excluding hydrogens is 326 g/mol. The van der Waals surface area contributed by atoms with E-state index < -0.39 is 0 Å². The molecular formula is C20H25N5O. The van der Waals surface area contributed by atoms with E-state index in [1.165, 1.54) is 19.3 Å². The Morgan fingerprint density at radius 1 is 1.23 bits per heavy atom. The number of amides is 1. The van der Waals surface area contributed by atoms with Crippen molar-refractivity contribution in [2.24, 2.45) is 5.73 Å². The van der Waals surface area contributed by atoms with Gasteiger partial charge in [-0.3, -0.25) is 4.79 Å². The summed E-state index contributed by atoms with van der Waals surface area (Å²) in [4.78, 5) is 19.2. The fourth-order valence-corrected chi connectivity index (χ4v) is 3.94. The number of primary amides is 1. The second-order valence-corrected chi connectivity index (χ2v) is 7.16. The molecule has 0 unspecified atom stereocenters. The summed E-state index contributed by atoms with van der Waals surface area (Å²) in [5, 5.41) is 6.03. The van der Waals surface area contributed by atoms with Gasteiger partial charge in [0.1, 0.15) is 5.82 Å². The molecule has 0 radical (unpaired) electrons. The SMILES string of the molecule is NC(=O)CCCc1nc(-c2c[nH]c3ccccc23)nn1C1CCCCC1. The predicted molar refractivity (Wildman–Crippen MR) is 102 cm³/mol. The van der Waals surface area contributed by atoms with Crippen LogP contribution in [0.3, 0.4) is 0 Å². The number of carbonyl (C=O) groups excluding carboxylic acids is 1.